The van der Waals surface area contributed by atoms with Crippen LogP contribution < -0.4 is 5.73 Å². The van der Waals surface area contributed by atoms with Crippen LogP contribution in [0.1, 0.15) is 6.92 Å². The van der Waals surface area contributed by atoms with Gasteiger partial charge in [-0.15, -0.1) is 0 Å². The number of carboxylic acid groups (broad SMARTS) is 1. The summed E-state index contributed by atoms with van der Waals surface area (Å²) in [6, 6.07) is 0. The van der Waals surface area contributed by atoms with Gasteiger partial charge in [-0.05, 0) is 28.1 Å². The van der Waals surface area contributed by atoms with E-state index in [0.29, 0.717) is 6.54 Å². The van der Waals surface area contributed by atoms with Gasteiger partial charge in [0.1, 0.15) is 5.54 Å². The van der Waals surface area contributed by atoms with Gasteiger partial charge in [-0.25, -0.2) is 0 Å². The van der Waals surface area contributed by atoms with Crippen molar-refractivity contribution in [1.29, 1.82) is 0 Å². The average Bonchev–Trinajstić information content (AvgIpc) is 1.99. The normalized spacial score (nSPS) is 15.9. The molecule has 1 atom stereocenters. The van der Waals surface area contributed by atoms with E-state index in [4.69, 9.17) is 10.8 Å². The first-order chi connectivity index (χ1) is 6.25. The Labute approximate surface area is 85.5 Å². The molecule has 0 aromatic rings. The maximum atomic E-state index is 10.7. The van der Waals surface area contributed by atoms with Gasteiger partial charge >= 0.3 is 5.97 Å². The summed E-state index contributed by atoms with van der Waals surface area (Å²) in [4.78, 5) is 14.7. The fraction of sp³-hybridized carbons (Fsp3) is 0.889. The molecule has 0 bridgehead atoms. The number of hydrogen-bond donors (Lipinski definition) is 2. The van der Waals surface area contributed by atoms with Crippen LogP contribution in [0.4, 0.5) is 0 Å². The molecule has 0 aliphatic rings. The number of likely N-dealkylation sites (N-methyl/N-ethyl adjacent to an activating group) is 2. The molecule has 0 aliphatic carbocycles. The molecule has 0 heterocycles. The van der Waals surface area contributed by atoms with Crippen LogP contribution in [0.25, 0.3) is 0 Å². The first kappa shape index (κ1) is 13.4. The van der Waals surface area contributed by atoms with Crippen molar-refractivity contribution in [3.05, 3.63) is 0 Å². The van der Waals surface area contributed by atoms with Crippen molar-refractivity contribution in [3.63, 3.8) is 0 Å². The highest BCUT2D eigenvalue weighted by Crippen LogP contribution is 2.01. The van der Waals surface area contributed by atoms with Crippen molar-refractivity contribution in [3.8, 4) is 0 Å². The van der Waals surface area contributed by atoms with Crippen LogP contribution in [0, 0.1) is 0 Å². The minimum absolute atomic E-state index is 0.357. The molecular weight excluding hydrogens is 182 g/mol. The van der Waals surface area contributed by atoms with Gasteiger partial charge in [0.15, 0.2) is 0 Å². The minimum atomic E-state index is -1.17. The van der Waals surface area contributed by atoms with E-state index in [-0.39, 0.29) is 0 Å². The lowest BCUT2D eigenvalue weighted by molar-refractivity contribution is -0.143. The number of carbonyl (C=O) groups is 1. The Morgan fingerprint density at radius 2 is 1.86 bits per heavy atom. The fourth-order valence-electron chi connectivity index (χ4n) is 1.08. The number of nitrogens with two attached hydrogens (primary N) is 1. The fourth-order valence-corrected chi connectivity index (χ4v) is 1.08. The SMILES string of the molecule is CN(C)CCN(C)CC(C)(N)C(=O)O. The zero-order chi connectivity index (χ0) is 11.4. The lowest BCUT2D eigenvalue weighted by Crippen LogP contribution is -2.53. The molecule has 5 nitrogen and oxygen atoms in total. The molecule has 0 fully saturated rings. The molecule has 0 spiro atoms. The second kappa shape index (κ2) is 5.29. The predicted octanol–water partition coefficient (Wildman–Crippen LogP) is -0.718. The third-order valence-corrected chi connectivity index (χ3v) is 2.02. The van der Waals surface area contributed by atoms with E-state index in [1.165, 1.54) is 6.92 Å². The summed E-state index contributed by atoms with van der Waals surface area (Å²) in [5.74, 6) is -0.964. The molecule has 1 unspecified atom stereocenters. The largest absolute Gasteiger partial charge is 0.480 e. The lowest BCUT2D eigenvalue weighted by atomic mass is 10.0. The van der Waals surface area contributed by atoms with Gasteiger partial charge < -0.3 is 20.6 Å². The van der Waals surface area contributed by atoms with Crippen molar-refractivity contribution < 1.29 is 9.90 Å². The Morgan fingerprint density at radius 1 is 1.36 bits per heavy atom. The van der Waals surface area contributed by atoms with Crippen molar-refractivity contribution in [2.24, 2.45) is 5.73 Å². The van der Waals surface area contributed by atoms with Gasteiger partial charge in [-0.2, -0.15) is 0 Å². The summed E-state index contributed by atoms with van der Waals surface area (Å²) in [5.41, 5.74) is 4.45. The van der Waals surface area contributed by atoms with Crippen LogP contribution in [0.15, 0.2) is 0 Å². The zero-order valence-electron chi connectivity index (χ0n) is 9.45. The van der Waals surface area contributed by atoms with E-state index < -0.39 is 11.5 Å². The number of nitrogens with zero attached hydrogens (tertiary/aromatic N) is 2. The van der Waals surface area contributed by atoms with Gasteiger partial charge in [-0.1, -0.05) is 0 Å². The summed E-state index contributed by atoms with van der Waals surface area (Å²) in [6.45, 7) is 3.59. The van der Waals surface area contributed by atoms with Crippen molar-refractivity contribution >= 4 is 5.97 Å². The molecule has 0 aliphatic heterocycles. The molecule has 0 saturated carbocycles. The van der Waals surface area contributed by atoms with Crippen LogP contribution >= 0.6 is 0 Å². The highest BCUT2D eigenvalue weighted by molar-refractivity contribution is 5.78. The highest BCUT2D eigenvalue weighted by Gasteiger charge is 2.29. The van der Waals surface area contributed by atoms with E-state index in [1.807, 2.05) is 30.9 Å². The molecule has 3 N–H and O–H groups in total. The third kappa shape index (κ3) is 5.16. The Morgan fingerprint density at radius 3 is 2.21 bits per heavy atom. The van der Waals surface area contributed by atoms with Gasteiger partial charge in [0, 0.05) is 19.6 Å². The molecule has 0 amide bonds. The number of rotatable bonds is 6. The molecule has 84 valence electrons. The monoisotopic (exact) mass is 203 g/mol. The van der Waals surface area contributed by atoms with Gasteiger partial charge in [0.2, 0.25) is 0 Å². The van der Waals surface area contributed by atoms with E-state index in [0.717, 1.165) is 13.1 Å². The summed E-state index contributed by atoms with van der Waals surface area (Å²) in [7, 11) is 5.83. The second-order valence-corrected chi connectivity index (χ2v) is 4.26. The van der Waals surface area contributed by atoms with Crippen LogP contribution in [-0.4, -0.2) is 67.2 Å². The van der Waals surface area contributed by atoms with E-state index in [1.54, 1.807) is 0 Å². The smallest absolute Gasteiger partial charge is 0.324 e. The molecular formula is C9H21N3O2. The predicted molar refractivity (Wildman–Crippen MR) is 56.3 cm³/mol. The van der Waals surface area contributed by atoms with Gasteiger partial charge in [0.05, 0.1) is 0 Å². The van der Waals surface area contributed by atoms with Crippen LogP contribution in [0.2, 0.25) is 0 Å². The summed E-state index contributed by atoms with van der Waals surface area (Å²) >= 11 is 0. The highest BCUT2D eigenvalue weighted by atomic mass is 16.4. The van der Waals surface area contributed by atoms with E-state index in [9.17, 15) is 4.79 Å². The van der Waals surface area contributed by atoms with E-state index >= 15 is 0 Å². The van der Waals surface area contributed by atoms with Gasteiger partial charge in [-0.3, -0.25) is 4.79 Å². The summed E-state index contributed by atoms with van der Waals surface area (Å²) in [6.07, 6.45) is 0. The molecule has 5 heteroatoms. The second-order valence-electron chi connectivity index (χ2n) is 4.26. The Kier molecular flexibility index (Phi) is 5.04. The number of aliphatic carboxylic acids is 1. The van der Waals surface area contributed by atoms with Crippen LogP contribution in [0.3, 0.4) is 0 Å². The molecule has 0 radical (unpaired) electrons. The molecule has 0 saturated heterocycles. The van der Waals surface area contributed by atoms with Crippen molar-refractivity contribution in [2.45, 2.75) is 12.5 Å². The lowest BCUT2D eigenvalue weighted by Gasteiger charge is -2.27. The Hall–Kier alpha value is -0.650. The molecule has 0 aromatic carbocycles. The first-order valence-electron chi connectivity index (χ1n) is 4.61. The van der Waals surface area contributed by atoms with Crippen LogP contribution in [-0.2, 0) is 4.79 Å². The average molecular weight is 203 g/mol. The summed E-state index contributed by atoms with van der Waals surface area (Å²) in [5, 5.41) is 8.81. The first-order valence-corrected chi connectivity index (χ1v) is 4.61. The molecule has 0 aromatic heterocycles. The van der Waals surface area contributed by atoms with Gasteiger partial charge in [0.25, 0.3) is 0 Å². The van der Waals surface area contributed by atoms with Crippen LogP contribution in [0.5, 0.6) is 0 Å². The van der Waals surface area contributed by atoms with Crippen molar-refractivity contribution in [1.82, 2.24) is 9.80 Å². The standard InChI is InChI=1S/C9H21N3O2/c1-9(10,8(13)14)7-12(4)6-5-11(2)3/h5-7,10H2,1-4H3,(H,13,14). The number of hydrogen-bond acceptors (Lipinski definition) is 4. The maximum Gasteiger partial charge on any atom is 0.324 e. The quantitative estimate of drug-likeness (QED) is 0.596. The summed E-state index contributed by atoms with van der Waals surface area (Å²) < 4.78 is 0. The third-order valence-electron chi connectivity index (χ3n) is 2.02. The van der Waals surface area contributed by atoms with E-state index in [2.05, 4.69) is 0 Å². The maximum absolute atomic E-state index is 10.7. The Balaban J connectivity index is 3.93. The zero-order valence-corrected chi connectivity index (χ0v) is 9.45. The number of carboxylic acids is 1. The Bertz CT molecular complexity index is 192. The molecule has 0 rings (SSSR count). The minimum Gasteiger partial charge on any atom is -0.480 e. The topological polar surface area (TPSA) is 69.8 Å². The van der Waals surface area contributed by atoms with Crippen molar-refractivity contribution in [2.75, 3.05) is 40.8 Å². The molecule has 14 heavy (non-hydrogen) atoms.